The zero-order valence-corrected chi connectivity index (χ0v) is 9.92. The summed E-state index contributed by atoms with van der Waals surface area (Å²) in [6, 6.07) is 4.49. The maximum atomic E-state index is 13.2. The molecule has 0 spiro atoms. The smallest absolute Gasteiger partial charge is 0.244 e. The van der Waals surface area contributed by atoms with Crippen molar-refractivity contribution in [1.29, 1.82) is 0 Å². The Labute approximate surface area is 102 Å². The van der Waals surface area contributed by atoms with E-state index in [4.69, 9.17) is 6.42 Å². The van der Waals surface area contributed by atoms with Crippen LogP contribution in [0.5, 0.6) is 0 Å². The summed E-state index contributed by atoms with van der Waals surface area (Å²) < 4.78 is 14.0. The molecule has 1 rings (SSSR count). The number of terminal acetylenes is 1. The van der Waals surface area contributed by atoms with Crippen LogP contribution in [-0.4, -0.2) is 12.5 Å². The molecule has 0 heterocycles. The number of halogens is 2. The maximum Gasteiger partial charge on any atom is 0.244 e. The molecular formula is C12H9BrFNO. The first-order valence-electron chi connectivity index (χ1n) is 4.48. The Balaban J connectivity index is 2.73. The first-order chi connectivity index (χ1) is 7.63. The van der Waals surface area contributed by atoms with E-state index in [-0.39, 0.29) is 18.3 Å². The van der Waals surface area contributed by atoms with Crippen molar-refractivity contribution in [3.63, 3.8) is 0 Å². The number of carbonyl (C=O) groups is 1. The Morgan fingerprint density at radius 2 is 2.38 bits per heavy atom. The minimum Gasteiger partial charge on any atom is -0.342 e. The lowest BCUT2D eigenvalue weighted by Gasteiger charge is -1.98. The van der Waals surface area contributed by atoms with E-state index >= 15 is 0 Å². The summed E-state index contributed by atoms with van der Waals surface area (Å²) in [6.07, 6.45) is 7.61. The largest absolute Gasteiger partial charge is 0.342 e. The SMILES string of the molecule is C#CCNC(=O)C=Cc1cc(Br)ccc1F. The summed E-state index contributed by atoms with van der Waals surface area (Å²) in [5.74, 6) is 1.54. The van der Waals surface area contributed by atoms with Gasteiger partial charge >= 0.3 is 0 Å². The molecule has 0 saturated heterocycles. The van der Waals surface area contributed by atoms with Crippen LogP contribution in [0, 0.1) is 18.2 Å². The Bertz CT molecular complexity index is 463. The van der Waals surface area contributed by atoms with Crippen molar-refractivity contribution in [2.45, 2.75) is 0 Å². The molecule has 0 bridgehead atoms. The van der Waals surface area contributed by atoms with Crippen LogP contribution in [0.1, 0.15) is 5.56 Å². The molecule has 0 radical (unpaired) electrons. The number of rotatable bonds is 3. The number of nitrogens with one attached hydrogen (secondary N) is 1. The number of benzene rings is 1. The Kier molecular flexibility index (Phi) is 4.74. The summed E-state index contributed by atoms with van der Waals surface area (Å²) in [6.45, 7) is 0.157. The average Bonchev–Trinajstić information content (AvgIpc) is 2.27. The number of hydrogen-bond acceptors (Lipinski definition) is 1. The van der Waals surface area contributed by atoms with Crippen molar-refractivity contribution in [1.82, 2.24) is 5.32 Å². The van der Waals surface area contributed by atoms with Gasteiger partial charge in [-0.05, 0) is 24.3 Å². The minimum absolute atomic E-state index is 0.157. The van der Waals surface area contributed by atoms with Crippen LogP contribution in [-0.2, 0) is 4.79 Å². The molecule has 0 atom stereocenters. The molecule has 0 saturated carbocycles. The fourth-order valence-corrected chi connectivity index (χ4v) is 1.38. The van der Waals surface area contributed by atoms with Gasteiger partial charge in [0.1, 0.15) is 5.82 Å². The zero-order chi connectivity index (χ0) is 12.0. The number of carbonyl (C=O) groups excluding carboxylic acids is 1. The molecule has 0 unspecified atom stereocenters. The normalized spacial score (nSPS) is 10.1. The predicted octanol–water partition coefficient (Wildman–Crippen LogP) is 2.35. The Morgan fingerprint density at radius 1 is 1.62 bits per heavy atom. The molecule has 0 aliphatic carbocycles. The van der Waals surface area contributed by atoms with E-state index in [2.05, 4.69) is 27.2 Å². The molecule has 0 aliphatic rings. The van der Waals surface area contributed by atoms with Gasteiger partial charge in [-0.15, -0.1) is 6.42 Å². The second kappa shape index (κ2) is 6.09. The monoisotopic (exact) mass is 281 g/mol. The highest BCUT2D eigenvalue weighted by Gasteiger charge is 1.99. The summed E-state index contributed by atoms with van der Waals surface area (Å²) in [5.41, 5.74) is 0.338. The van der Waals surface area contributed by atoms with Crippen molar-refractivity contribution < 1.29 is 9.18 Å². The maximum absolute atomic E-state index is 13.2. The van der Waals surface area contributed by atoms with E-state index in [0.29, 0.717) is 5.56 Å². The molecule has 4 heteroatoms. The summed E-state index contributed by atoms with van der Waals surface area (Å²) >= 11 is 3.22. The van der Waals surface area contributed by atoms with E-state index in [0.717, 1.165) is 4.47 Å². The Morgan fingerprint density at radius 3 is 3.06 bits per heavy atom. The first-order valence-corrected chi connectivity index (χ1v) is 5.27. The average molecular weight is 282 g/mol. The fourth-order valence-electron chi connectivity index (χ4n) is 1.00. The second-order valence-electron chi connectivity index (χ2n) is 2.92. The molecular weight excluding hydrogens is 273 g/mol. The van der Waals surface area contributed by atoms with Crippen molar-refractivity contribution in [2.24, 2.45) is 0 Å². The quantitative estimate of drug-likeness (QED) is 0.669. The molecule has 1 aromatic rings. The van der Waals surface area contributed by atoms with Gasteiger partial charge in [0.25, 0.3) is 0 Å². The summed E-state index contributed by atoms with van der Waals surface area (Å²) in [5, 5.41) is 2.44. The summed E-state index contributed by atoms with van der Waals surface area (Å²) in [4.78, 5) is 11.1. The molecule has 16 heavy (non-hydrogen) atoms. The van der Waals surface area contributed by atoms with Crippen molar-refractivity contribution >= 4 is 27.9 Å². The van der Waals surface area contributed by atoms with Crippen LogP contribution in [0.3, 0.4) is 0 Å². The van der Waals surface area contributed by atoms with Gasteiger partial charge in [0.05, 0.1) is 6.54 Å². The number of amides is 1. The topological polar surface area (TPSA) is 29.1 Å². The van der Waals surface area contributed by atoms with Crippen LogP contribution < -0.4 is 5.32 Å². The van der Waals surface area contributed by atoms with Gasteiger partial charge in [0.2, 0.25) is 5.91 Å². The van der Waals surface area contributed by atoms with E-state index in [1.807, 2.05) is 0 Å². The lowest BCUT2D eigenvalue weighted by Crippen LogP contribution is -2.20. The van der Waals surface area contributed by atoms with Crippen molar-refractivity contribution in [3.05, 3.63) is 40.1 Å². The lowest BCUT2D eigenvalue weighted by atomic mass is 10.2. The molecule has 0 aromatic heterocycles. The van der Waals surface area contributed by atoms with Crippen molar-refractivity contribution in [3.8, 4) is 12.3 Å². The van der Waals surface area contributed by atoms with Crippen molar-refractivity contribution in [2.75, 3.05) is 6.54 Å². The molecule has 82 valence electrons. The van der Waals surface area contributed by atoms with Gasteiger partial charge < -0.3 is 5.32 Å². The Hall–Kier alpha value is -1.60. The van der Waals surface area contributed by atoms with E-state index in [1.54, 1.807) is 12.1 Å². The highest BCUT2D eigenvalue weighted by molar-refractivity contribution is 9.10. The summed E-state index contributed by atoms with van der Waals surface area (Å²) in [7, 11) is 0. The third-order valence-corrected chi connectivity index (χ3v) is 2.23. The van der Waals surface area contributed by atoms with Crippen LogP contribution in [0.4, 0.5) is 4.39 Å². The zero-order valence-electron chi connectivity index (χ0n) is 8.34. The standard InChI is InChI=1S/C12H9BrFNO/c1-2-7-15-12(16)6-3-9-8-10(13)4-5-11(9)14/h1,3-6,8H,7H2,(H,15,16). The first kappa shape index (κ1) is 12.5. The van der Waals surface area contributed by atoms with Gasteiger partial charge in [-0.3, -0.25) is 4.79 Å². The molecule has 0 aliphatic heterocycles. The third kappa shape index (κ3) is 3.87. The predicted molar refractivity (Wildman–Crippen MR) is 65.0 cm³/mol. The molecule has 1 aromatic carbocycles. The van der Waals surface area contributed by atoms with E-state index in [1.165, 1.54) is 18.2 Å². The molecule has 2 nitrogen and oxygen atoms in total. The van der Waals surface area contributed by atoms with Gasteiger partial charge in [-0.2, -0.15) is 0 Å². The highest BCUT2D eigenvalue weighted by Crippen LogP contribution is 2.16. The van der Waals surface area contributed by atoms with Gasteiger partial charge in [-0.1, -0.05) is 21.9 Å². The van der Waals surface area contributed by atoms with E-state index < -0.39 is 0 Å². The minimum atomic E-state index is -0.385. The van der Waals surface area contributed by atoms with Crippen LogP contribution in [0.15, 0.2) is 28.7 Å². The van der Waals surface area contributed by atoms with Gasteiger partial charge in [0, 0.05) is 16.1 Å². The highest BCUT2D eigenvalue weighted by atomic mass is 79.9. The van der Waals surface area contributed by atoms with Gasteiger partial charge in [0.15, 0.2) is 0 Å². The lowest BCUT2D eigenvalue weighted by molar-refractivity contribution is -0.116. The number of hydrogen-bond donors (Lipinski definition) is 1. The molecule has 1 amide bonds. The second-order valence-corrected chi connectivity index (χ2v) is 3.84. The van der Waals surface area contributed by atoms with Gasteiger partial charge in [-0.25, -0.2) is 4.39 Å². The van der Waals surface area contributed by atoms with Crippen LogP contribution >= 0.6 is 15.9 Å². The van der Waals surface area contributed by atoms with Crippen LogP contribution in [0.25, 0.3) is 6.08 Å². The molecule has 1 N–H and O–H groups in total. The van der Waals surface area contributed by atoms with Crippen LogP contribution in [0.2, 0.25) is 0 Å². The fraction of sp³-hybridized carbons (Fsp3) is 0.0833. The molecule has 0 fully saturated rings. The van der Waals surface area contributed by atoms with E-state index in [9.17, 15) is 9.18 Å². The third-order valence-electron chi connectivity index (χ3n) is 1.74.